The summed E-state index contributed by atoms with van der Waals surface area (Å²) in [5, 5.41) is 7.83. The second kappa shape index (κ2) is 4.31. The lowest BCUT2D eigenvalue weighted by Crippen LogP contribution is -2.05. The van der Waals surface area contributed by atoms with Crippen molar-refractivity contribution >= 4 is 28.7 Å². The Labute approximate surface area is 102 Å². The summed E-state index contributed by atoms with van der Waals surface area (Å²) in [6.45, 7) is 3.58. The molecular weight excluding hydrogens is 244 g/mol. The molecule has 3 nitrogen and oxygen atoms in total. The van der Waals surface area contributed by atoms with Crippen molar-refractivity contribution in [1.82, 2.24) is 10.2 Å². The highest BCUT2D eigenvalue weighted by Crippen LogP contribution is 2.24. The Bertz CT molecular complexity index is 551. The first-order valence-corrected chi connectivity index (χ1v) is 5.88. The number of thiophene rings is 1. The van der Waals surface area contributed by atoms with Crippen molar-refractivity contribution in [1.29, 1.82) is 0 Å². The van der Waals surface area contributed by atoms with Gasteiger partial charge in [-0.2, -0.15) is 10.2 Å². The fraction of sp³-hybridized carbons (Fsp3) is 0.182. The van der Waals surface area contributed by atoms with Crippen LogP contribution in [0.25, 0.3) is 0 Å². The van der Waals surface area contributed by atoms with Crippen molar-refractivity contribution in [2.45, 2.75) is 13.8 Å². The summed E-state index contributed by atoms with van der Waals surface area (Å²) < 4.78 is 0.611. The van der Waals surface area contributed by atoms with Crippen LogP contribution in [-0.2, 0) is 0 Å². The maximum atomic E-state index is 12.1. The SMILES string of the molecule is Cc1cc(C(=O)c2ccc(Cl)s2)c(C)nn1. The van der Waals surface area contributed by atoms with Gasteiger partial charge in [0.15, 0.2) is 0 Å². The maximum Gasteiger partial charge on any atom is 0.204 e. The van der Waals surface area contributed by atoms with Crippen molar-refractivity contribution in [3.05, 3.63) is 44.4 Å². The molecular formula is C11H9ClN2OS. The maximum absolute atomic E-state index is 12.1. The molecule has 0 radical (unpaired) electrons. The molecule has 0 unspecified atom stereocenters. The summed E-state index contributed by atoms with van der Waals surface area (Å²) in [6.07, 6.45) is 0. The third-order valence-electron chi connectivity index (χ3n) is 2.14. The van der Waals surface area contributed by atoms with Gasteiger partial charge in [-0.25, -0.2) is 0 Å². The number of carbonyl (C=O) groups excluding carboxylic acids is 1. The molecule has 0 N–H and O–H groups in total. The number of halogens is 1. The summed E-state index contributed by atoms with van der Waals surface area (Å²) in [5.41, 5.74) is 1.96. The molecule has 0 bridgehead atoms. The number of aryl methyl sites for hydroxylation is 2. The van der Waals surface area contributed by atoms with Crippen molar-refractivity contribution in [2.75, 3.05) is 0 Å². The summed E-state index contributed by atoms with van der Waals surface area (Å²) in [7, 11) is 0. The highest BCUT2D eigenvalue weighted by atomic mass is 35.5. The van der Waals surface area contributed by atoms with E-state index < -0.39 is 0 Å². The number of rotatable bonds is 2. The summed E-state index contributed by atoms with van der Waals surface area (Å²) in [4.78, 5) is 12.7. The zero-order valence-corrected chi connectivity index (χ0v) is 10.4. The molecule has 2 heterocycles. The first kappa shape index (κ1) is 11.2. The molecule has 5 heteroatoms. The molecule has 0 aromatic carbocycles. The van der Waals surface area contributed by atoms with Crippen LogP contribution >= 0.6 is 22.9 Å². The molecule has 2 aromatic heterocycles. The first-order valence-electron chi connectivity index (χ1n) is 4.69. The number of hydrogen-bond donors (Lipinski definition) is 0. The lowest BCUT2D eigenvalue weighted by atomic mass is 10.1. The third-order valence-corrected chi connectivity index (χ3v) is 3.37. The summed E-state index contributed by atoms with van der Waals surface area (Å²) in [6, 6.07) is 5.19. The van der Waals surface area contributed by atoms with Gasteiger partial charge in [-0.3, -0.25) is 4.79 Å². The van der Waals surface area contributed by atoms with Gasteiger partial charge in [0.05, 0.1) is 20.6 Å². The molecule has 0 saturated carbocycles. The molecule has 0 aliphatic carbocycles. The Balaban J connectivity index is 2.45. The van der Waals surface area contributed by atoms with Crippen LogP contribution in [-0.4, -0.2) is 16.0 Å². The minimum Gasteiger partial charge on any atom is -0.288 e. The molecule has 2 aromatic rings. The van der Waals surface area contributed by atoms with Crippen LogP contribution in [0.4, 0.5) is 0 Å². The molecule has 0 amide bonds. The zero-order valence-electron chi connectivity index (χ0n) is 8.82. The monoisotopic (exact) mass is 252 g/mol. The molecule has 2 rings (SSSR count). The second-order valence-electron chi connectivity index (χ2n) is 3.42. The number of ketones is 1. The first-order chi connectivity index (χ1) is 7.58. The fourth-order valence-corrected chi connectivity index (χ4v) is 2.35. The van der Waals surface area contributed by atoms with Gasteiger partial charge in [0, 0.05) is 5.56 Å². The molecule has 16 heavy (non-hydrogen) atoms. The van der Waals surface area contributed by atoms with E-state index >= 15 is 0 Å². The Morgan fingerprint density at radius 2 is 2.06 bits per heavy atom. The van der Waals surface area contributed by atoms with Crippen LogP contribution in [0, 0.1) is 13.8 Å². The number of aromatic nitrogens is 2. The predicted octanol–water partition coefficient (Wildman–Crippen LogP) is 3.04. The number of nitrogens with zero attached hydrogens (tertiary/aromatic N) is 2. The van der Waals surface area contributed by atoms with Crippen LogP contribution in [0.1, 0.15) is 26.6 Å². The summed E-state index contributed by atoms with van der Waals surface area (Å²) >= 11 is 7.07. The average molecular weight is 253 g/mol. The smallest absolute Gasteiger partial charge is 0.204 e. The Morgan fingerprint density at radius 3 is 2.69 bits per heavy atom. The molecule has 0 fully saturated rings. The Hall–Kier alpha value is -1.26. The van der Waals surface area contributed by atoms with E-state index in [-0.39, 0.29) is 5.78 Å². The van der Waals surface area contributed by atoms with E-state index in [0.29, 0.717) is 20.5 Å². The van der Waals surface area contributed by atoms with E-state index in [2.05, 4.69) is 10.2 Å². The molecule has 82 valence electrons. The molecule has 0 aliphatic heterocycles. The Kier molecular flexibility index (Phi) is 3.03. The van der Waals surface area contributed by atoms with Gasteiger partial charge < -0.3 is 0 Å². The van der Waals surface area contributed by atoms with Crippen molar-refractivity contribution < 1.29 is 4.79 Å². The molecule has 0 saturated heterocycles. The minimum absolute atomic E-state index is 0.0487. The zero-order chi connectivity index (χ0) is 11.7. The third kappa shape index (κ3) is 2.13. The standard InChI is InChI=1S/C11H9ClN2OS/c1-6-5-8(7(2)14-13-6)11(15)9-3-4-10(12)16-9/h3-5H,1-2H3. The van der Waals surface area contributed by atoms with Gasteiger partial charge in [0.25, 0.3) is 0 Å². The number of hydrogen-bond acceptors (Lipinski definition) is 4. The highest BCUT2D eigenvalue weighted by Gasteiger charge is 2.15. The van der Waals surface area contributed by atoms with Crippen LogP contribution < -0.4 is 0 Å². The van der Waals surface area contributed by atoms with Crippen LogP contribution in [0.15, 0.2) is 18.2 Å². The van der Waals surface area contributed by atoms with Gasteiger partial charge >= 0.3 is 0 Å². The predicted molar refractivity (Wildman–Crippen MR) is 64.3 cm³/mol. The number of carbonyl (C=O) groups is 1. The van der Waals surface area contributed by atoms with Gasteiger partial charge in [0.2, 0.25) is 5.78 Å². The van der Waals surface area contributed by atoms with E-state index in [9.17, 15) is 4.79 Å². The topological polar surface area (TPSA) is 42.9 Å². The Morgan fingerprint density at radius 1 is 1.31 bits per heavy atom. The minimum atomic E-state index is -0.0487. The largest absolute Gasteiger partial charge is 0.288 e. The van der Waals surface area contributed by atoms with Gasteiger partial charge in [0.1, 0.15) is 0 Å². The van der Waals surface area contributed by atoms with Crippen molar-refractivity contribution in [2.24, 2.45) is 0 Å². The van der Waals surface area contributed by atoms with Crippen molar-refractivity contribution in [3.8, 4) is 0 Å². The quantitative estimate of drug-likeness (QED) is 0.772. The lowest BCUT2D eigenvalue weighted by Gasteiger charge is -2.02. The molecule has 0 atom stereocenters. The molecule has 0 aliphatic rings. The van der Waals surface area contributed by atoms with Crippen LogP contribution in [0.5, 0.6) is 0 Å². The van der Waals surface area contributed by atoms with Gasteiger partial charge in [-0.1, -0.05) is 11.6 Å². The van der Waals surface area contributed by atoms with E-state index in [0.717, 1.165) is 5.69 Å². The molecule has 0 spiro atoms. The summed E-state index contributed by atoms with van der Waals surface area (Å²) in [5.74, 6) is -0.0487. The lowest BCUT2D eigenvalue weighted by molar-refractivity contribution is 0.104. The second-order valence-corrected chi connectivity index (χ2v) is 5.13. The normalized spacial score (nSPS) is 10.4. The highest BCUT2D eigenvalue weighted by molar-refractivity contribution is 7.18. The van der Waals surface area contributed by atoms with Crippen LogP contribution in [0.2, 0.25) is 4.34 Å². The van der Waals surface area contributed by atoms with Crippen molar-refractivity contribution in [3.63, 3.8) is 0 Å². The van der Waals surface area contributed by atoms with Crippen LogP contribution in [0.3, 0.4) is 0 Å². The van der Waals surface area contributed by atoms with E-state index in [1.54, 1.807) is 25.1 Å². The van der Waals surface area contributed by atoms with Gasteiger partial charge in [-0.05, 0) is 32.0 Å². The van der Waals surface area contributed by atoms with E-state index in [4.69, 9.17) is 11.6 Å². The van der Waals surface area contributed by atoms with E-state index in [1.165, 1.54) is 11.3 Å². The average Bonchev–Trinajstić information content (AvgIpc) is 2.67. The van der Waals surface area contributed by atoms with Gasteiger partial charge in [-0.15, -0.1) is 11.3 Å². The van der Waals surface area contributed by atoms with E-state index in [1.807, 2.05) is 6.92 Å². The fourth-order valence-electron chi connectivity index (χ4n) is 1.35.